The molecule has 110 valence electrons. The summed E-state index contributed by atoms with van der Waals surface area (Å²) >= 11 is 6.09. The molecule has 0 bridgehead atoms. The summed E-state index contributed by atoms with van der Waals surface area (Å²) in [4.78, 5) is 4.60. The van der Waals surface area contributed by atoms with Gasteiger partial charge in [0.05, 0.1) is 17.0 Å². The third kappa shape index (κ3) is 2.52. The van der Waals surface area contributed by atoms with Gasteiger partial charge >= 0.3 is 0 Å². The molecular formula is C16H18ClN3O. The topological polar surface area (TPSA) is 50.8 Å². The second-order valence-corrected chi connectivity index (χ2v) is 5.77. The predicted octanol–water partition coefficient (Wildman–Crippen LogP) is 3.63. The van der Waals surface area contributed by atoms with Gasteiger partial charge in [0.2, 0.25) is 0 Å². The van der Waals surface area contributed by atoms with Gasteiger partial charge in [0.25, 0.3) is 0 Å². The Morgan fingerprint density at radius 1 is 1.48 bits per heavy atom. The van der Waals surface area contributed by atoms with Crippen molar-refractivity contribution in [2.75, 3.05) is 13.2 Å². The summed E-state index contributed by atoms with van der Waals surface area (Å²) in [5.74, 6) is 1.75. The molecule has 0 amide bonds. The predicted molar refractivity (Wildman–Crippen MR) is 82.3 cm³/mol. The molecule has 1 aliphatic rings. The van der Waals surface area contributed by atoms with Crippen LogP contribution < -0.4 is 0 Å². The number of imidazole rings is 1. The number of hydrogen-bond acceptors (Lipinski definition) is 3. The molecule has 5 heteroatoms. The fraction of sp³-hybridized carbons (Fsp3) is 0.500. The molecule has 4 nitrogen and oxygen atoms in total. The normalized spacial score (nSPS) is 17.8. The van der Waals surface area contributed by atoms with Crippen LogP contribution in [-0.2, 0) is 10.6 Å². The lowest BCUT2D eigenvalue weighted by molar-refractivity contribution is 0.0516. The van der Waals surface area contributed by atoms with Crippen molar-refractivity contribution in [3.8, 4) is 6.07 Å². The van der Waals surface area contributed by atoms with Crippen LogP contribution in [0, 0.1) is 17.2 Å². The maximum Gasteiger partial charge on any atom is 0.125 e. The zero-order valence-corrected chi connectivity index (χ0v) is 12.8. The maximum absolute atomic E-state index is 9.25. The Morgan fingerprint density at radius 2 is 2.24 bits per heavy atom. The van der Waals surface area contributed by atoms with Crippen molar-refractivity contribution in [3.05, 3.63) is 29.6 Å². The number of para-hydroxylation sites is 1. The summed E-state index contributed by atoms with van der Waals surface area (Å²) < 4.78 is 7.66. The number of ether oxygens (including phenoxy) is 1. The van der Waals surface area contributed by atoms with E-state index in [0.29, 0.717) is 23.4 Å². The van der Waals surface area contributed by atoms with Crippen LogP contribution >= 0.6 is 11.6 Å². The molecule has 1 saturated heterocycles. The van der Waals surface area contributed by atoms with E-state index in [4.69, 9.17) is 16.3 Å². The van der Waals surface area contributed by atoms with Gasteiger partial charge in [-0.25, -0.2) is 4.98 Å². The molecule has 1 aliphatic heterocycles. The van der Waals surface area contributed by atoms with Crippen LogP contribution in [0.5, 0.6) is 0 Å². The van der Waals surface area contributed by atoms with Gasteiger partial charge in [0, 0.05) is 19.3 Å². The van der Waals surface area contributed by atoms with E-state index in [-0.39, 0.29) is 0 Å². The molecule has 0 aliphatic carbocycles. The maximum atomic E-state index is 9.25. The van der Waals surface area contributed by atoms with Crippen LogP contribution in [-0.4, -0.2) is 22.8 Å². The minimum absolute atomic E-state index is 0.307. The fourth-order valence-electron chi connectivity index (χ4n) is 3.21. The first kappa shape index (κ1) is 14.4. The number of alkyl halides is 1. The SMILES string of the molecule is CC(C1CCOCC1)n1c(CCl)nc2c(C#N)cccc21. The van der Waals surface area contributed by atoms with Crippen LogP contribution in [0.3, 0.4) is 0 Å². The molecule has 0 radical (unpaired) electrons. The number of nitrogens with zero attached hydrogens (tertiary/aromatic N) is 3. The molecule has 0 N–H and O–H groups in total. The zero-order valence-electron chi connectivity index (χ0n) is 12.1. The lowest BCUT2D eigenvalue weighted by Gasteiger charge is -2.30. The van der Waals surface area contributed by atoms with Gasteiger partial charge in [-0.1, -0.05) is 6.07 Å². The minimum Gasteiger partial charge on any atom is -0.381 e. The van der Waals surface area contributed by atoms with Crippen LogP contribution in [0.1, 0.15) is 37.2 Å². The number of halogens is 1. The smallest absolute Gasteiger partial charge is 0.125 e. The van der Waals surface area contributed by atoms with Gasteiger partial charge in [-0.15, -0.1) is 11.6 Å². The standard InChI is InChI=1S/C16H18ClN3O/c1-11(12-5-7-21-8-6-12)20-14-4-2-3-13(10-18)16(14)19-15(20)9-17/h2-4,11-12H,5-9H2,1H3. The summed E-state index contributed by atoms with van der Waals surface area (Å²) in [6.07, 6.45) is 2.11. The van der Waals surface area contributed by atoms with E-state index < -0.39 is 0 Å². The van der Waals surface area contributed by atoms with Crippen molar-refractivity contribution in [2.24, 2.45) is 5.92 Å². The summed E-state index contributed by atoms with van der Waals surface area (Å²) in [6, 6.07) is 8.26. The van der Waals surface area contributed by atoms with Crippen LogP contribution in [0.2, 0.25) is 0 Å². The molecule has 0 spiro atoms. The Hall–Kier alpha value is -1.57. The van der Waals surface area contributed by atoms with Gasteiger partial charge in [0.1, 0.15) is 17.4 Å². The average Bonchev–Trinajstić information content (AvgIpc) is 2.93. The van der Waals surface area contributed by atoms with E-state index in [1.165, 1.54) is 0 Å². The molecule has 2 aromatic rings. The molecule has 1 unspecified atom stereocenters. The fourth-order valence-corrected chi connectivity index (χ4v) is 3.40. The van der Waals surface area contributed by atoms with Crippen molar-refractivity contribution in [1.82, 2.24) is 9.55 Å². The van der Waals surface area contributed by atoms with Gasteiger partial charge < -0.3 is 9.30 Å². The van der Waals surface area contributed by atoms with E-state index in [0.717, 1.165) is 42.9 Å². The Morgan fingerprint density at radius 3 is 2.90 bits per heavy atom. The molecule has 21 heavy (non-hydrogen) atoms. The van der Waals surface area contributed by atoms with E-state index in [1.807, 2.05) is 12.1 Å². The summed E-state index contributed by atoms with van der Waals surface area (Å²) in [6.45, 7) is 3.86. The highest BCUT2D eigenvalue weighted by molar-refractivity contribution is 6.16. The zero-order chi connectivity index (χ0) is 14.8. The molecule has 0 saturated carbocycles. The number of fused-ring (bicyclic) bond motifs is 1. The van der Waals surface area contributed by atoms with E-state index in [1.54, 1.807) is 6.07 Å². The summed E-state index contributed by atoms with van der Waals surface area (Å²) in [7, 11) is 0. The quantitative estimate of drug-likeness (QED) is 0.814. The van der Waals surface area contributed by atoms with Gasteiger partial charge in [-0.2, -0.15) is 5.26 Å². The van der Waals surface area contributed by atoms with Crippen molar-refractivity contribution in [1.29, 1.82) is 5.26 Å². The highest BCUT2D eigenvalue weighted by Gasteiger charge is 2.25. The van der Waals surface area contributed by atoms with Crippen LogP contribution in [0.4, 0.5) is 0 Å². The van der Waals surface area contributed by atoms with E-state index in [2.05, 4.69) is 22.5 Å². The largest absolute Gasteiger partial charge is 0.381 e. The van der Waals surface area contributed by atoms with Crippen molar-refractivity contribution < 1.29 is 4.74 Å². The van der Waals surface area contributed by atoms with Crippen LogP contribution in [0.15, 0.2) is 18.2 Å². The number of hydrogen-bond donors (Lipinski definition) is 0. The third-order valence-corrected chi connectivity index (χ3v) is 4.63. The molecular weight excluding hydrogens is 286 g/mol. The Kier molecular flexibility index (Phi) is 4.14. The first-order valence-electron chi connectivity index (χ1n) is 7.30. The van der Waals surface area contributed by atoms with Gasteiger partial charge in [-0.05, 0) is 37.8 Å². The number of benzene rings is 1. The molecule has 1 aromatic heterocycles. The molecule has 1 fully saturated rings. The Balaban J connectivity index is 2.10. The van der Waals surface area contributed by atoms with Crippen molar-refractivity contribution in [2.45, 2.75) is 31.7 Å². The first-order valence-corrected chi connectivity index (χ1v) is 7.83. The minimum atomic E-state index is 0.307. The lowest BCUT2D eigenvalue weighted by Crippen LogP contribution is -2.25. The number of aromatic nitrogens is 2. The van der Waals surface area contributed by atoms with Gasteiger partial charge in [0.15, 0.2) is 0 Å². The molecule has 1 atom stereocenters. The van der Waals surface area contributed by atoms with E-state index in [9.17, 15) is 5.26 Å². The second kappa shape index (κ2) is 6.05. The number of nitriles is 1. The first-order chi connectivity index (χ1) is 10.3. The monoisotopic (exact) mass is 303 g/mol. The van der Waals surface area contributed by atoms with Crippen LogP contribution in [0.25, 0.3) is 11.0 Å². The molecule has 2 heterocycles. The Labute approximate surface area is 129 Å². The average molecular weight is 304 g/mol. The third-order valence-electron chi connectivity index (χ3n) is 4.39. The Bertz CT molecular complexity index is 683. The van der Waals surface area contributed by atoms with Crippen molar-refractivity contribution >= 4 is 22.6 Å². The molecule has 1 aromatic carbocycles. The number of rotatable bonds is 3. The lowest BCUT2D eigenvalue weighted by atomic mass is 9.92. The molecule has 3 rings (SSSR count). The second-order valence-electron chi connectivity index (χ2n) is 5.51. The highest BCUT2D eigenvalue weighted by Crippen LogP contribution is 2.32. The summed E-state index contributed by atoms with van der Waals surface area (Å²) in [5, 5.41) is 9.25. The van der Waals surface area contributed by atoms with Crippen molar-refractivity contribution in [3.63, 3.8) is 0 Å². The van der Waals surface area contributed by atoms with E-state index >= 15 is 0 Å². The summed E-state index contributed by atoms with van der Waals surface area (Å²) in [5.41, 5.74) is 2.37. The van der Waals surface area contributed by atoms with Gasteiger partial charge in [-0.3, -0.25) is 0 Å². The highest BCUT2D eigenvalue weighted by atomic mass is 35.5.